The van der Waals surface area contributed by atoms with Gasteiger partial charge in [0.2, 0.25) is 11.8 Å². The number of carbonyl (C=O) groups is 2. The highest BCUT2D eigenvalue weighted by Crippen LogP contribution is 2.38. The lowest BCUT2D eigenvalue weighted by atomic mass is 10.3. The van der Waals surface area contributed by atoms with Crippen LogP contribution in [0.5, 0.6) is 0 Å². The Labute approximate surface area is 128 Å². The zero-order chi connectivity index (χ0) is 14.9. The van der Waals surface area contributed by atoms with Gasteiger partial charge in [0.1, 0.15) is 0 Å². The molecule has 0 bridgehead atoms. The van der Waals surface area contributed by atoms with Crippen LogP contribution < -0.4 is 5.32 Å². The number of carbonyl (C=O) groups excluding carboxylic acids is 2. The molecule has 1 saturated carbocycles. The lowest BCUT2D eigenvalue weighted by Crippen LogP contribution is -2.36. The average molecular weight is 315 g/mol. The molecule has 20 heavy (non-hydrogen) atoms. The molecule has 0 aromatic heterocycles. The number of amides is 2. The summed E-state index contributed by atoms with van der Waals surface area (Å²) in [5, 5.41) is 3.38. The van der Waals surface area contributed by atoms with Crippen molar-refractivity contribution in [1.29, 1.82) is 0 Å². The van der Waals surface area contributed by atoms with Crippen molar-refractivity contribution >= 4 is 40.7 Å². The summed E-state index contributed by atoms with van der Waals surface area (Å²) in [7, 11) is 1.63. The van der Waals surface area contributed by atoms with Gasteiger partial charge in [0.15, 0.2) is 0 Å². The van der Waals surface area contributed by atoms with E-state index in [-0.39, 0.29) is 24.3 Å². The van der Waals surface area contributed by atoms with Crippen molar-refractivity contribution in [3.8, 4) is 0 Å². The fraction of sp³-hybridized carbons (Fsp3) is 0.429. The molecule has 0 unspecified atom stereocenters. The minimum atomic E-state index is -0.316. The van der Waals surface area contributed by atoms with Crippen molar-refractivity contribution in [2.75, 3.05) is 18.9 Å². The third-order valence-electron chi connectivity index (χ3n) is 3.41. The molecule has 0 aliphatic heterocycles. The van der Waals surface area contributed by atoms with Gasteiger partial charge in [-0.25, -0.2) is 0 Å². The quantitative estimate of drug-likeness (QED) is 0.928. The molecule has 1 aliphatic carbocycles. The van der Waals surface area contributed by atoms with Crippen LogP contribution in [0.2, 0.25) is 10.0 Å². The number of para-hydroxylation sites is 1. The second-order valence-electron chi connectivity index (χ2n) is 5.16. The minimum Gasteiger partial charge on any atom is -0.336 e. The fourth-order valence-electron chi connectivity index (χ4n) is 2.04. The Balaban J connectivity index is 1.94. The van der Waals surface area contributed by atoms with E-state index in [1.165, 1.54) is 4.90 Å². The summed E-state index contributed by atoms with van der Waals surface area (Å²) in [5.74, 6) is 0.185. The number of hydrogen-bond donors (Lipinski definition) is 1. The van der Waals surface area contributed by atoms with Gasteiger partial charge in [-0.05, 0) is 24.5 Å². The van der Waals surface area contributed by atoms with E-state index >= 15 is 0 Å². The van der Waals surface area contributed by atoms with Gasteiger partial charge >= 0.3 is 0 Å². The number of halogens is 2. The molecule has 0 spiro atoms. The van der Waals surface area contributed by atoms with Crippen LogP contribution >= 0.6 is 23.2 Å². The van der Waals surface area contributed by atoms with Gasteiger partial charge in [0.05, 0.1) is 22.3 Å². The zero-order valence-corrected chi connectivity index (χ0v) is 12.8. The molecule has 4 nitrogen and oxygen atoms in total. The molecule has 2 amide bonds. The van der Waals surface area contributed by atoms with Crippen molar-refractivity contribution in [1.82, 2.24) is 4.90 Å². The number of benzene rings is 1. The Morgan fingerprint density at radius 2 is 1.90 bits per heavy atom. The maximum Gasteiger partial charge on any atom is 0.244 e. The first-order valence-corrected chi connectivity index (χ1v) is 7.14. The molecule has 0 saturated heterocycles. The molecule has 1 N–H and O–H groups in total. The monoisotopic (exact) mass is 314 g/mol. The van der Waals surface area contributed by atoms with Gasteiger partial charge in [-0.1, -0.05) is 36.2 Å². The van der Waals surface area contributed by atoms with Crippen LogP contribution in [0.15, 0.2) is 18.2 Å². The van der Waals surface area contributed by atoms with E-state index in [1.54, 1.807) is 25.2 Å². The minimum absolute atomic E-state index is 0.0103. The Hall–Kier alpha value is -1.26. The molecule has 108 valence electrons. The number of rotatable bonds is 4. The van der Waals surface area contributed by atoms with E-state index in [0.717, 1.165) is 6.42 Å². The standard InChI is InChI=1S/C14H16Cl2N2O2/c1-8-6-9(8)14(20)18(2)7-12(19)17-13-10(15)4-3-5-11(13)16/h3-5,8-9H,6-7H2,1-2H3,(H,17,19)/t8-,9-/m0/s1. The van der Waals surface area contributed by atoms with E-state index in [4.69, 9.17) is 23.2 Å². The SMILES string of the molecule is C[C@H]1C[C@@H]1C(=O)N(C)CC(=O)Nc1c(Cl)cccc1Cl. The van der Waals surface area contributed by atoms with E-state index in [9.17, 15) is 9.59 Å². The van der Waals surface area contributed by atoms with Crippen molar-refractivity contribution < 1.29 is 9.59 Å². The highest BCUT2D eigenvalue weighted by molar-refractivity contribution is 6.39. The van der Waals surface area contributed by atoms with Crippen LogP contribution in [0, 0.1) is 11.8 Å². The van der Waals surface area contributed by atoms with Crippen LogP contribution in [-0.2, 0) is 9.59 Å². The third-order valence-corrected chi connectivity index (χ3v) is 4.04. The first-order valence-electron chi connectivity index (χ1n) is 6.39. The van der Waals surface area contributed by atoms with Gasteiger partial charge in [-0.2, -0.15) is 0 Å². The summed E-state index contributed by atoms with van der Waals surface area (Å²) in [6.07, 6.45) is 0.904. The van der Waals surface area contributed by atoms with Crippen LogP contribution in [-0.4, -0.2) is 30.3 Å². The number of likely N-dealkylation sites (N-methyl/N-ethyl adjacent to an activating group) is 1. The van der Waals surface area contributed by atoms with Crippen molar-refractivity contribution in [3.63, 3.8) is 0 Å². The van der Waals surface area contributed by atoms with Gasteiger partial charge in [0.25, 0.3) is 0 Å². The predicted molar refractivity (Wildman–Crippen MR) is 80.0 cm³/mol. The lowest BCUT2D eigenvalue weighted by Gasteiger charge is -2.17. The van der Waals surface area contributed by atoms with Crippen molar-refractivity contribution in [2.45, 2.75) is 13.3 Å². The normalized spacial score (nSPS) is 20.4. The summed E-state index contributed by atoms with van der Waals surface area (Å²) < 4.78 is 0. The first-order chi connectivity index (χ1) is 9.40. The molecule has 1 aromatic rings. The molecule has 2 rings (SSSR count). The van der Waals surface area contributed by atoms with Crippen molar-refractivity contribution in [3.05, 3.63) is 28.2 Å². The second-order valence-corrected chi connectivity index (χ2v) is 5.97. The van der Waals surface area contributed by atoms with E-state index < -0.39 is 0 Å². The van der Waals surface area contributed by atoms with Crippen LogP contribution in [0.25, 0.3) is 0 Å². The summed E-state index contributed by atoms with van der Waals surface area (Å²) in [6.45, 7) is 2.02. The van der Waals surface area contributed by atoms with Gasteiger partial charge in [-0.3, -0.25) is 9.59 Å². The predicted octanol–water partition coefficient (Wildman–Crippen LogP) is 3.05. The number of hydrogen-bond acceptors (Lipinski definition) is 2. The van der Waals surface area contributed by atoms with E-state index in [1.807, 2.05) is 6.92 Å². The average Bonchev–Trinajstić information content (AvgIpc) is 3.10. The maximum absolute atomic E-state index is 11.9. The van der Waals surface area contributed by atoms with Crippen LogP contribution in [0.4, 0.5) is 5.69 Å². The topological polar surface area (TPSA) is 49.4 Å². The zero-order valence-electron chi connectivity index (χ0n) is 11.3. The highest BCUT2D eigenvalue weighted by Gasteiger charge is 2.40. The maximum atomic E-state index is 11.9. The summed E-state index contributed by atoms with van der Waals surface area (Å²) in [5.41, 5.74) is 0.376. The Morgan fingerprint density at radius 3 is 2.40 bits per heavy atom. The molecule has 6 heteroatoms. The first kappa shape index (κ1) is 15.1. The molecule has 0 heterocycles. The summed E-state index contributed by atoms with van der Waals surface area (Å²) in [6, 6.07) is 4.98. The fourth-order valence-corrected chi connectivity index (χ4v) is 2.53. The number of nitrogens with one attached hydrogen (secondary N) is 1. The Morgan fingerprint density at radius 1 is 1.35 bits per heavy atom. The smallest absolute Gasteiger partial charge is 0.244 e. The second kappa shape index (κ2) is 6.02. The molecule has 1 fully saturated rings. The van der Waals surface area contributed by atoms with Crippen LogP contribution in [0.1, 0.15) is 13.3 Å². The van der Waals surface area contributed by atoms with Crippen LogP contribution in [0.3, 0.4) is 0 Å². The number of nitrogens with zero attached hydrogens (tertiary/aromatic N) is 1. The summed E-state index contributed by atoms with van der Waals surface area (Å²) >= 11 is 11.9. The molecule has 1 aliphatic rings. The Kier molecular flexibility index (Phi) is 4.55. The van der Waals surface area contributed by atoms with E-state index in [2.05, 4.69) is 5.32 Å². The highest BCUT2D eigenvalue weighted by atomic mass is 35.5. The Bertz CT molecular complexity index is 528. The number of anilines is 1. The van der Waals surface area contributed by atoms with Gasteiger partial charge in [0, 0.05) is 13.0 Å². The molecular formula is C14H16Cl2N2O2. The molecule has 1 aromatic carbocycles. The van der Waals surface area contributed by atoms with Gasteiger partial charge < -0.3 is 10.2 Å². The summed E-state index contributed by atoms with van der Waals surface area (Å²) in [4.78, 5) is 25.3. The van der Waals surface area contributed by atoms with Gasteiger partial charge in [-0.15, -0.1) is 0 Å². The third kappa shape index (κ3) is 3.44. The molecule has 2 atom stereocenters. The largest absolute Gasteiger partial charge is 0.336 e. The lowest BCUT2D eigenvalue weighted by molar-refractivity contribution is -0.134. The van der Waals surface area contributed by atoms with E-state index in [0.29, 0.717) is 21.7 Å². The van der Waals surface area contributed by atoms with Crippen molar-refractivity contribution in [2.24, 2.45) is 11.8 Å². The molecular weight excluding hydrogens is 299 g/mol. The molecule has 0 radical (unpaired) electrons.